The van der Waals surface area contributed by atoms with Gasteiger partial charge in [0.25, 0.3) is 0 Å². The third-order valence-electron chi connectivity index (χ3n) is 3.03. The fourth-order valence-corrected chi connectivity index (χ4v) is 1.59. The first-order chi connectivity index (χ1) is 8.13. The molecule has 5 heteroatoms. The summed E-state index contributed by atoms with van der Waals surface area (Å²) in [7, 11) is 0. The van der Waals surface area contributed by atoms with Gasteiger partial charge in [-0.1, -0.05) is 32.3 Å². The van der Waals surface area contributed by atoms with Gasteiger partial charge in [0, 0.05) is 6.61 Å². The van der Waals surface area contributed by atoms with Gasteiger partial charge in [-0.15, -0.1) is 0 Å². The minimum atomic E-state index is -0.194. The second kappa shape index (κ2) is 6.71. The van der Waals surface area contributed by atoms with E-state index in [0.29, 0.717) is 24.2 Å². The number of ether oxygens (including phenoxy) is 1. The van der Waals surface area contributed by atoms with Crippen LogP contribution >= 0.6 is 0 Å². The van der Waals surface area contributed by atoms with E-state index in [2.05, 4.69) is 24.0 Å². The van der Waals surface area contributed by atoms with Crippen molar-refractivity contribution in [3.63, 3.8) is 0 Å². The zero-order valence-electron chi connectivity index (χ0n) is 11.1. The highest BCUT2D eigenvalue weighted by atomic mass is 16.5. The first kappa shape index (κ1) is 14.1. The van der Waals surface area contributed by atoms with Gasteiger partial charge in [0.15, 0.2) is 0 Å². The van der Waals surface area contributed by atoms with E-state index in [9.17, 15) is 0 Å². The van der Waals surface area contributed by atoms with Gasteiger partial charge >= 0.3 is 0 Å². The van der Waals surface area contributed by atoms with Crippen LogP contribution in [-0.2, 0) is 4.74 Å². The van der Waals surface area contributed by atoms with Crippen LogP contribution in [0.25, 0.3) is 0 Å². The molecule has 2 N–H and O–H groups in total. The summed E-state index contributed by atoms with van der Waals surface area (Å²) < 4.78 is 10.7. The van der Waals surface area contributed by atoms with Gasteiger partial charge in [0.2, 0.25) is 11.7 Å². The number of aromatic nitrogens is 2. The first-order valence-corrected chi connectivity index (χ1v) is 6.34. The number of rotatable bonds is 7. The molecule has 1 aromatic rings. The van der Waals surface area contributed by atoms with Gasteiger partial charge in [0.05, 0.1) is 6.04 Å². The Labute approximate surface area is 103 Å². The number of hydrogen-bond acceptors (Lipinski definition) is 5. The van der Waals surface area contributed by atoms with E-state index in [1.807, 2.05) is 13.8 Å². The molecule has 0 aromatic carbocycles. The minimum Gasteiger partial charge on any atom is -0.370 e. The van der Waals surface area contributed by atoms with E-state index >= 15 is 0 Å². The first-order valence-electron chi connectivity index (χ1n) is 6.34. The molecule has 0 aliphatic rings. The van der Waals surface area contributed by atoms with Gasteiger partial charge in [-0.2, -0.15) is 4.98 Å². The van der Waals surface area contributed by atoms with Crippen LogP contribution < -0.4 is 5.73 Å². The molecule has 17 heavy (non-hydrogen) atoms. The van der Waals surface area contributed by atoms with E-state index in [4.69, 9.17) is 15.0 Å². The summed E-state index contributed by atoms with van der Waals surface area (Å²) >= 11 is 0. The molecule has 5 nitrogen and oxygen atoms in total. The molecule has 0 saturated carbocycles. The molecule has 0 aliphatic heterocycles. The lowest BCUT2D eigenvalue weighted by Gasteiger charge is -2.13. The smallest absolute Gasteiger partial charge is 0.243 e. The highest BCUT2D eigenvalue weighted by molar-refractivity contribution is 4.96. The average molecular weight is 241 g/mol. The molecule has 0 amide bonds. The molecule has 0 saturated heterocycles. The Kier molecular flexibility index (Phi) is 5.58. The molecule has 0 radical (unpaired) electrons. The molecule has 0 aliphatic carbocycles. The maximum Gasteiger partial charge on any atom is 0.243 e. The van der Waals surface area contributed by atoms with Crippen molar-refractivity contribution in [1.29, 1.82) is 0 Å². The van der Waals surface area contributed by atoms with Crippen molar-refractivity contribution in [3.8, 4) is 0 Å². The molecule has 0 fully saturated rings. The summed E-state index contributed by atoms with van der Waals surface area (Å²) in [6.45, 7) is 8.80. The van der Waals surface area contributed by atoms with Crippen molar-refractivity contribution in [3.05, 3.63) is 11.7 Å². The van der Waals surface area contributed by atoms with Gasteiger partial charge in [-0.25, -0.2) is 0 Å². The topological polar surface area (TPSA) is 74.2 Å². The molecule has 1 unspecified atom stereocenters. The number of nitrogens with two attached hydrogens (primary N) is 1. The van der Waals surface area contributed by atoms with Crippen molar-refractivity contribution in [2.45, 2.75) is 52.7 Å². The molecule has 1 rings (SSSR count). The summed E-state index contributed by atoms with van der Waals surface area (Å²) in [5.41, 5.74) is 6.04. The molecule has 1 aromatic heterocycles. The Morgan fingerprint density at radius 3 is 2.53 bits per heavy atom. The summed E-state index contributed by atoms with van der Waals surface area (Å²) in [4.78, 5) is 4.34. The van der Waals surface area contributed by atoms with Gasteiger partial charge in [-0.05, 0) is 19.3 Å². The monoisotopic (exact) mass is 241 g/mol. The Bertz CT molecular complexity index is 311. The van der Waals surface area contributed by atoms with E-state index in [1.54, 1.807) is 0 Å². The lowest BCUT2D eigenvalue weighted by molar-refractivity contribution is 0.0518. The summed E-state index contributed by atoms with van der Waals surface area (Å²) in [6.07, 6.45) is 1.72. The molecule has 1 heterocycles. The Balaban J connectivity index is 2.76. The molecular formula is C12H23N3O2. The summed E-state index contributed by atoms with van der Waals surface area (Å²) in [5, 5.41) is 3.95. The van der Waals surface area contributed by atoms with Gasteiger partial charge < -0.3 is 15.0 Å². The molecular weight excluding hydrogens is 218 g/mol. The van der Waals surface area contributed by atoms with Crippen LogP contribution in [-0.4, -0.2) is 16.7 Å². The Hall–Kier alpha value is -0.940. The van der Waals surface area contributed by atoms with Crippen LogP contribution in [0.5, 0.6) is 0 Å². The largest absolute Gasteiger partial charge is 0.370 e. The molecule has 98 valence electrons. The predicted octanol–water partition coefficient (Wildman–Crippen LogP) is 2.60. The van der Waals surface area contributed by atoms with Crippen molar-refractivity contribution in [2.24, 2.45) is 11.7 Å². The lowest BCUT2D eigenvalue weighted by Crippen LogP contribution is -2.19. The second-order valence-corrected chi connectivity index (χ2v) is 4.25. The molecule has 0 bridgehead atoms. The second-order valence-electron chi connectivity index (χ2n) is 4.25. The van der Waals surface area contributed by atoms with Crippen LogP contribution in [0.15, 0.2) is 4.52 Å². The Morgan fingerprint density at radius 2 is 2.00 bits per heavy atom. The quantitative estimate of drug-likeness (QED) is 0.794. The van der Waals surface area contributed by atoms with Crippen LogP contribution in [0.2, 0.25) is 0 Å². The fourth-order valence-electron chi connectivity index (χ4n) is 1.59. The van der Waals surface area contributed by atoms with Crippen molar-refractivity contribution < 1.29 is 9.26 Å². The zero-order valence-corrected chi connectivity index (χ0v) is 11.1. The van der Waals surface area contributed by atoms with Gasteiger partial charge in [-0.3, -0.25) is 0 Å². The predicted molar refractivity (Wildman–Crippen MR) is 65.3 cm³/mol. The van der Waals surface area contributed by atoms with Crippen molar-refractivity contribution in [2.75, 3.05) is 6.61 Å². The Morgan fingerprint density at radius 1 is 1.29 bits per heavy atom. The van der Waals surface area contributed by atoms with Crippen LogP contribution in [0.4, 0.5) is 0 Å². The lowest BCUT2D eigenvalue weighted by atomic mass is 10.0. The maximum absolute atomic E-state index is 6.04. The third-order valence-corrected chi connectivity index (χ3v) is 3.03. The normalized spacial score (nSPS) is 16.8. The van der Waals surface area contributed by atoms with E-state index in [-0.39, 0.29) is 12.1 Å². The van der Waals surface area contributed by atoms with Crippen molar-refractivity contribution >= 4 is 0 Å². The summed E-state index contributed by atoms with van der Waals surface area (Å²) in [5.74, 6) is 1.44. The van der Waals surface area contributed by atoms with Crippen LogP contribution in [0.1, 0.15) is 64.4 Å². The minimum absolute atomic E-state index is 0.0957. The zero-order chi connectivity index (χ0) is 12.8. The summed E-state index contributed by atoms with van der Waals surface area (Å²) in [6, 6.07) is -0.194. The van der Waals surface area contributed by atoms with E-state index in [1.165, 1.54) is 0 Å². The standard InChI is InChI=1S/C12H23N3O2/c1-5-8(4)10(13)12-14-11(15-17-12)9(6-2)16-7-3/h8-10H,5-7,13H2,1-4H3/t8-,9?,10-/m0/s1. The van der Waals surface area contributed by atoms with Crippen LogP contribution in [0.3, 0.4) is 0 Å². The SMILES string of the molecule is CCOC(CC)c1noc([C@@H](N)[C@@H](C)CC)n1. The van der Waals surface area contributed by atoms with Crippen LogP contribution in [0, 0.1) is 5.92 Å². The van der Waals surface area contributed by atoms with Crippen molar-refractivity contribution in [1.82, 2.24) is 10.1 Å². The molecule has 0 spiro atoms. The van der Waals surface area contributed by atoms with E-state index in [0.717, 1.165) is 12.8 Å². The number of nitrogens with zero attached hydrogens (tertiary/aromatic N) is 2. The maximum atomic E-state index is 6.04. The number of hydrogen-bond donors (Lipinski definition) is 1. The third kappa shape index (κ3) is 3.51. The molecule has 3 atom stereocenters. The van der Waals surface area contributed by atoms with E-state index < -0.39 is 0 Å². The fraction of sp³-hybridized carbons (Fsp3) is 0.833. The average Bonchev–Trinajstić information content (AvgIpc) is 2.83. The van der Waals surface area contributed by atoms with Gasteiger partial charge in [0.1, 0.15) is 6.10 Å². The highest BCUT2D eigenvalue weighted by Gasteiger charge is 2.23. The highest BCUT2D eigenvalue weighted by Crippen LogP contribution is 2.23.